The number of rotatable bonds is 3. The summed E-state index contributed by atoms with van der Waals surface area (Å²) in [6.07, 6.45) is 3.66. The predicted molar refractivity (Wildman–Crippen MR) is 98.9 cm³/mol. The van der Waals surface area contributed by atoms with Gasteiger partial charge in [-0.2, -0.15) is 0 Å². The maximum atomic E-state index is 14.0. The molecule has 1 aromatic carbocycles. The van der Waals surface area contributed by atoms with Crippen molar-refractivity contribution in [2.75, 3.05) is 31.5 Å². The van der Waals surface area contributed by atoms with E-state index in [1.54, 1.807) is 36.5 Å². The van der Waals surface area contributed by atoms with Gasteiger partial charge in [-0.15, -0.1) is 0 Å². The van der Waals surface area contributed by atoms with Crippen molar-refractivity contribution < 1.29 is 9.18 Å². The number of anilines is 2. The number of carbonyl (C=O) groups is 1. The Hall–Kier alpha value is -2.47. The molecule has 2 atom stereocenters. The molecule has 0 radical (unpaired) electrons. The van der Waals surface area contributed by atoms with E-state index >= 15 is 0 Å². The molecule has 2 saturated heterocycles. The lowest BCUT2D eigenvalue weighted by Gasteiger charge is -2.22. The summed E-state index contributed by atoms with van der Waals surface area (Å²) >= 11 is 0. The molecule has 2 aromatic rings. The van der Waals surface area contributed by atoms with Crippen LogP contribution in [0, 0.1) is 17.7 Å². The number of fused-ring (bicyclic) bond motifs is 1. The van der Waals surface area contributed by atoms with E-state index in [4.69, 9.17) is 0 Å². The average Bonchev–Trinajstić information content (AvgIpc) is 3.02. The van der Waals surface area contributed by atoms with Gasteiger partial charge in [-0.05, 0) is 62.0 Å². The number of halogens is 1. The highest BCUT2D eigenvalue weighted by Gasteiger charge is 2.32. The second-order valence-electron chi connectivity index (χ2n) is 7.05. The van der Waals surface area contributed by atoms with Gasteiger partial charge in [0, 0.05) is 19.3 Å². The van der Waals surface area contributed by atoms with E-state index in [0.29, 0.717) is 28.9 Å². The fraction of sp³-hybridized carbons (Fsp3) is 0.400. The van der Waals surface area contributed by atoms with Crippen molar-refractivity contribution in [3.8, 4) is 0 Å². The zero-order chi connectivity index (χ0) is 17.9. The molecule has 5 nitrogen and oxygen atoms in total. The lowest BCUT2D eigenvalue weighted by molar-refractivity contribution is 0.0759. The molecule has 2 aliphatic heterocycles. The summed E-state index contributed by atoms with van der Waals surface area (Å²) in [4.78, 5) is 19.3. The Morgan fingerprint density at radius 2 is 1.85 bits per heavy atom. The van der Waals surface area contributed by atoms with Crippen LogP contribution >= 0.6 is 0 Å². The smallest absolute Gasteiger partial charge is 0.257 e. The van der Waals surface area contributed by atoms with E-state index in [1.165, 1.54) is 6.07 Å². The molecule has 1 amide bonds. The first kappa shape index (κ1) is 17.0. The lowest BCUT2D eigenvalue weighted by Crippen LogP contribution is -2.33. The molecular weight excluding hydrogens is 331 g/mol. The molecule has 0 bridgehead atoms. The van der Waals surface area contributed by atoms with Crippen molar-refractivity contribution in [2.45, 2.75) is 12.8 Å². The molecule has 4 rings (SSSR count). The number of hydrogen-bond acceptors (Lipinski definition) is 4. The van der Waals surface area contributed by atoms with Crippen LogP contribution in [-0.4, -0.2) is 42.0 Å². The lowest BCUT2D eigenvalue weighted by atomic mass is 9.92. The minimum atomic E-state index is -0.369. The van der Waals surface area contributed by atoms with E-state index in [-0.39, 0.29) is 11.7 Å². The third kappa shape index (κ3) is 3.42. The highest BCUT2D eigenvalue weighted by atomic mass is 19.1. The average molecular weight is 354 g/mol. The summed E-state index contributed by atoms with van der Waals surface area (Å²) in [6, 6.07) is 9.90. The number of nitrogens with zero attached hydrogens (tertiary/aromatic N) is 2. The summed E-state index contributed by atoms with van der Waals surface area (Å²) in [5, 5.41) is 6.42. The van der Waals surface area contributed by atoms with E-state index in [1.807, 2.05) is 4.90 Å². The van der Waals surface area contributed by atoms with Crippen LogP contribution in [0.1, 0.15) is 23.2 Å². The monoisotopic (exact) mass is 354 g/mol. The number of nitrogens with one attached hydrogen (secondary N) is 2. The number of likely N-dealkylation sites (tertiary alicyclic amines) is 1. The Morgan fingerprint density at radius 1 is 1.12 bits per heavy atom. The molecule has 6 heteroatoms. The van der Waals surface area contributed by atoms with Crippen LogP contribution in [0.25, 0.3) is 0 Å². The number of benzene rings is 1. The second-order valence-corrected chi connectivity index (χ2v) is 7.05. The van der Waals surface area contributed by atoms with Crippen molar-refractivity contribution in [3.05, 3.63) is 54.0 Å². The minimum Gasteiger partial charge on any atom is -0.339 e. The molecule has 0 unspecified atom stereocenters. The van der Waals surface area contributed by atoms with Gasteiger partial charge < -0.3 is 15.5 Å². The van der Waals surface area contributed by atoms with Crippen molar-refractivity contribution in [3.63, 3.8) is 0 Å². The SMILES string of the molecule is O=C(c1cccnc1Nc1ccccc1F)N1CC[C@@H]2CNC[C@@H]2CC1. The predicted octanol–water partition coefficient (Wildman–Crippen LogP) is 3.04. The first-order valence-electron chi connectivity index (χ1n) is 9.19. The minimum absolute atomic E-state index is 0.0372. The zero-order valence-corrected chi connectivity index (χ0v) is 14.6. The topological polar surface area (TPSA) is 57.3 Å². The first-order valence-corrected chi connectivity index (χ1v) is 9.19. The number of pyridine rings is 1. The molecule has 26 heavy (non-hydrogen) atoms. The van der Waals surface area contributed by atoms with Crippen LogP contribution in [0.2, 0.25) is 0 Å². The Kier molecular flexibility index (Phi) is 4.84. The van der Waals surface area contributed by atoms with Crippen LogP contribution in [-0.2, 0) is 0 Å². The maximum Gasteiger partial charge on any atom is 0.257 e. The summed E-state index contributed by atoms with van der Waals surface area (Å²) in [5.74, 6) is 1.32. The molecule has 0 saturated carbocycles. The van der Waals surface area contributed by atoms with E-state index in [9.17, 15) is 9.18 Å². The third-order valence-corrected chi connectivity index (χ3v) is 5.47. The van der Waals surface area contributed by atoms with Crippen LogP contribution in [0.3, 0.4) is 0 Å². The standard InChI is InChI=1S/C20H23FN4O/c21-17-5-1-2-6-18(17)24-19-16(4-3-9-23-19)20(26)25-10-7-14-12-22-13-15(14)8-11-25/h1-6,9,14-15,22H,7-8,10-13H2,(H,23,24)/t14-,15+. The summed E-state index contributed by atoms with van der Waals surface area (Å²) < 4.78 is 14.0. The maximum absolute atomic E-state index is 14.0. The van der Waals surface area contributed by atoms with Gasteiger partial charge >= 0.3 is 0 Å². The summed E-state index contributed by atoms with van der Waals surface area (Å²) in [7, 11) is 0. The van der Waals surface area contributed by atoms with E-state index in [2.05, 4.69) is 15.6 Å². The third-order valence-electron chi connectivity index (χ3n) is 5.47. The highest BCUT2D eigenvalue weighted by molar-refractivity contribution is 5.99. The Labute approximate surface area is 152 Å². The van der Waals surface area contributed by atoms with Crippen LogP contribution in [0.5, 0.6) is 0 Å². The molecule has 0 aliphatic carbocycles. The quantitative estimate of drug-likeness (QED) is 0.890. The summed E-state index contributed by atoms with van der Waals surface area (Å²) in [5.41, 5.74) is 0.803. The highest BCUT2D eigenvalue weighted by Crippen LogP contribution is 2.29. The number of para-hydroxylation sites is 1. The Balaban J connectivity index is 1.54. The molecule has 3 heterocycles. The first-order chi connectivity index (χ1) is 12.7. The molecule has 2 N–H and O–H groups in total. The van der Waals surface area contributed by atoms with Gasteiger partial charge in [0.2, 0.25) is 0 Å². The van der Waals surface area contributed by atoms with E-state index < -0.39 is 0 Å². The van der Waals surface area contributed by atoms with Crippen LogP contribution in [0.4, 0.5) is 15.9 Å². The van der Waals surface area contributed by atoms with Gasteiger partial charge in [-0.3, -0.25) is 4.79 Å². The Morgan fingerprint density at radius 3 is 2.58 bits per heavy atom. The molecular formula is C20H23FN4O. The van der Waals surface area contributed by atoms with Crippen LogP contribution < -0.4 is 10.6 Å². The molecule has 1 aromatic heterocycles. The fourth-order valence-corrected chi connectivity index (χ4v) is 3.96. The van der Waals surface area contributed by atoms with Crippen molar-refractivity contribution in [2.24, 2.45) is 11.8 Å². The zero-order valence-electron chi connectivity index (χ0n) is 14.6. The number of carbonyl (C=O) groups excluding carboxylic acids is 1. The van der Waals surface area contributed by atoms with Crippen molar-refractivity contribution in [1.29, 1.82) is 0 Å². The van der Waals surface area contributed by atoms with Crippen molar-refractivity contribution in [1.82, 2.24) is 15.2 Å². The normalized spacial score (nSPS) is 22.6. The molecule has 2 aliphatic rings. The number of hydrogen-bond donors (Lipinski definition) is 2. The largest absolute Gasteiger partial charge is 0.339 e. The number of amides is 1. The van der Waals surface area contributed by atoms with Gasteiger partial charge in [0.05, 0.1) is 11.3 Å². The Bertz CT molecular complexity index is 783. The molecule has 136 valence electrons. The second kappa shape index (κ2) is 7.41. The van der Waals surface area contributed by atoms with Gasteiger partial charge in [0.1, 0.15) is 11.6 Å². The summed E-state index contributed by atoms with van der Waals surface area (Å²) in [6.45, 7) is 3.63. The molecule has 0 spiro atoms. The van der Waals surface area contributed by atoms with Gasteiger partial charge in [0.15, 0.2) is 0 Å². The molecule has 2 fully saturated rings. The van der Waals surface area contributed by atoms with Gasteiger partial charge in [-0.1, -0.05) is 12.1 Å². The van der Waals surface area contributed by atoms with E-state index in [0.717, 1.165) is 39.0 Å². The van der Waals surface area contributed by atoms with Crippen LogP contribution in [0.15, 0.2) is 42.6 Å². The number of aromatic nitrogens is 1. The van der Waals surface area contributed by atoms with Gasteiger partial charge in [-0.25, -0.2) is 9.37 Å². The fourth-order valence-electron chi connectivity index (χ4n) is 3.96. The van der Waals surface area contributed by atoms with Gasteiger partial charge in [0.25, 0.3) is 5.91 Å². The van der Waals surface area contributed by atoms with Crippen molar-refractivity contribution >= 4 is 17.4 Å².